The molecule has 86 valence electrons. The van der Waals surface area contributed by atoms with E-state index in [9.17, 15) is 4.79 Å². The Hall–Kier alpha value is -2.04. The van der Waals surface area contributed by atoms with Crippen molar-refractivity contribution < 1.29 is 19.1 Å². The van der Waals surface area contributed by atoms with Gasteiger partial charge in [-0.25, -0.2) is 0 Å². The lowest BCUT2D eigenvalue weighted by Gasteiger charge is -2.07. The highest BCUT2D eigenvalue weighted by Gasteiger charge is 2.11. The summed E-state index contributed by atoms with van der Waals surface area (Å²) in [5.74, 6) is 0.769. The molecule has 0 aromatic heterocycles. The summed E-state index contributed by atoms with van der Waals surface area (Å²) in [6.07, 6.45) is 1.09. The number of ketones is 1. The lowest BCUT2D eigenvalue weighted by Crippen LogP contribution is -2.03. The number of nitrogens with zero attached hydrogens (tertiary/aromatic N) is 1. The minimum absolute atomic E-state index is 0.290. The molecule has 1 aromatic carbocycles. The van der Waals surface area contributed by atoms with Crippen LogP contribution in [-0.4, -0.2) is 33.3 Å². The molecule has 1 rings (SSSR count). The van der Waals surface area contributed by atoms with E-state index in [-0.39, 0.29) is 5.78 Å². The van der Waals surface area contributed by atoms with Gasteiger partial charge in [-0.05, 0) is 12.1 Å². The van der Waals surface area contributed by atoms with Crippen molar-refractivity contribution >= 4 is 12.0 Å². The number of ether oxygens (including phenoxy) is 2. The first-order chi connectivity index (χ1) is 7.72. The fraction of sp³-hybridized carbons (Fsp3) is 0.273. The first-order valence-electron chi connectivity index (χ1n) is 4.55. The summed E-state index contributed by atoms with van der Waals surface area (Å²) < 4.78 is 10.1. The number of hydrogen-bond acceptors (Lipinski definition) is 5. The van der Waals surface area contributed by atoms with Gasteiger partial charge < -0.3 is 14.3 Å². The first-order valence-corrected chi connectivity index (χ1v) is 4.55. The molecular formula is C11H13NO4. The molecule has 0 heterocycles. The van der Waals surface area contributed by atoms with Gasteiger partial charge in [-0.1, -0.05) is 5.16 Å². The molecule has 0 aliphatic heterocycles. The zero-order valence-electron chi connectivity index (χ0n) is 9.39. The molecule has 0 aliphatic carbocycles. The number of carbonyl (C=O) groups is 1. The SMILES string of the molecule is CON=CC(=O)c1ccc(OC)cc1OC. The Morgan fingerprint density at radius 1 is 1.25 bits per heavy atom. The Morgan fingerprint density at radius 2 is 2.00 bits per heavy atom. The van der Waals surface area contributed by atoms with E-state index in [1.54, 1.807) is 25.3 Å². The van der Waals surface area contributed by atoms with E-state index in [2.05, 4.69) is 9.99 Å². The van der Waals surface area contributed by atoms with E-state index in [1.807, 2.05) is 0 Å². The van der Waals surface area contributed by atoms with Crippen molar-refractivity contribution in [2.24, 2.45) is 5.16 Å². The van der Waals surface area contributed by atoms with Crippen molar-refractivity contribution in [3.63, 3.8) is 0 Å². The second kappa shape index (κ2) is 5.75. The highest BCUT2D eigenvalue weighted by atomic mass is 16.6. The molecule has 0 fully saturated rings. The smallest absolute Gasteiger partial charge is 0.211 e. The summed E-state index contributed by atoms with van der Waals surface area (Å²) in [6, 6.07) is 4.92. The molecule has 0 spiro atoms. The number of rotatable bonds is 5. The molecule has 5 heteroatoms. The monoisotopic (exact) mass is 223 g/mol. The maximum absolute atomic E-state index is 11.6. The lowest BCUT2D eigenvalue weighted by atomic mass is 10.1. The Bertz CT molecular complexity index is 401. The van der Waals surface area contributed by atoms with Crippen molar-refractivity contribution in [3.05, 3.63) is 23.8 Å². The Labute approximate surface area is 93.6 Å². The Kier molecular flexibility index (Phi) is 4.32. The molecule has 0 unspecified atom stereocenters. The van der Waals surface area contributed by atoms with Crippen LogP contribution in [-0.2, 0) is 4.84 Å². The second-order valence-electron chi connectivity index (χ2n) is 2.85. The molecule has 0 aliphatic rings. The fourth-order valence-electron chi connectivity index (χ4n) is 1.17. The maximum atomic E-state index is 11.6. The van der Waals surface area contributed by atoms with E-state index in [0.29, 0.717) is 17.1 Å². The highest BCUT2D eigenvalue weighted by Crippen LogP contribution is 2.24. The van der Waals surface area contributed by atoms with Crippen LogP contribution in [0.1, 0.15) is 10.4 Å². The average molecular weight is 223 g/mol. The Morgan fingerprint density at radius 3 is 2.56 bits per heavy atom. The van der Waals surface area contributed by atoms with Crippen LogP contribution >= 0.6 is 0 Å². The summed E-state index contributed by atoms with van der Waals surface area (Å²) >= 11 is 0. The van der Waals surface area contributed by atoms with Gasteiger partial charge in [0, 0.05) is 6.07 Å². The average Bonchev–Trinajstić information content (AvgIpc) is 2.34. The van der Waals surface area contributed by atoms with E-state index in [1.165, 1.54) is 14.2 Å². The molecule has 0 amide bonds. The summed E-state index contributed by atoms with van der Waals surface area (Å²) in [5, 5.41) is 3.40. The predicted molar refractivity (Wildman–Crippen MR) is 59.4 cm³/mol. The van der Waals surface area contributed by atoms with Crippen LogP contribution in [0.15, 0.2) is 23.4 Å². The molecule has 0 N–H and O–H groups in total. The van der Waals surface area contributed by atoms with Crippen molar-refractivity contribution in [2.75, 3.05) is 21.3 Å². The van der Waals surface area contributed by atoms with Gasteiger partial charge in [-0.15, -0.1) is 0 Å². The van der Waals surface area contributed by atoms with E-state index >= 15 is 0 Å². The zero-order chi connectivity index (χ0) is 12.0. The maximum Gasteiger partial charge on any atom is 0.211 e. The van der Waals surface area contributed by atoms with Crippen LogP contribution in [0.25, 0.3) is 0 Å². The molecule has 1 aromatic rings. The van der Waals surface area contributed by atoms with Crippen molar-refractivity contribution in [1.29, 1.82) is 0 Å². The number of Topliss-reactive ketones (excluding diaryl/α,β-unsaturated/α-hetero) is 1. The van der Waals surface area contributed by atoms with Gasteiger partial charge in [0.25, 0.3) is 0 Å². The number of methoxy groups -OCH3 is 2. The van der Waals surface area contributed by atoms with Crippen molar-refractivity contribution in [3.8, 4) is 11.5 Å². The zero-order valence-corrected chi connectivity index (χ0v) is 9.39. The molecule has 0 saturated heterocycles. The summed E-state index contributed by atoms with van der Waals surface area (Å²) in [6.45, 7) is 0. The minimum atomic E-state index is -0.290. The van der Waals surface area contributed by atoms with Crippen LogP contribution in [0.4, 0.5) is 0 Å². The molecule has 0 radical (unpaired) electrons. The minimum Gasteiger partial charge on any atom is -0.497 e. The van der Waals surface area contributed by atoms with E-state index in [4.69, 9.17) is 9.47 Å². The van der Waals surface area contributed by atoms with E-state index in [0.717, 1.165) is 6.21 Å². The molecule has 0 saturated carbocycles. The number of hydrogen-bond donors (Lipinski definition) is 0. The van der Waals surface area contributed by atoms with Crippen molar-refractivity contribution in [1.82, 2.24) is 0 Å². The highest BCUT2D eigenvalue weighted by molar-refractivity contribution is 6.36. The van der Waals surface area contributed by atoms with Gasteiger partial charge in [-0.3, -0.25) is 4.79 Å². The summed E-state index contributed by atoms with van der Waals surface area (Å²) in [5.41, 5.74) is 0.407. The molecule has 5 nitrogen and oxygen atoms in total. The van der Waals surface area contributed by atoms with E-state index < -0.39 is 0 Å². The van der Waals surface area contributed by atoms with Crippen molar-refractivity contribution in [2.45, 2.75) is 0 Å². The van der Waals surface area contributed by atoms with Gasteiger partial charge >= 0.3 is 0 Å². The van der Waals surface area contributed by atoms with Crippen LogP contribution in [0, 0.1) is 0 Å². The van der Waals surface area contributed by atoms with Gasteiger partial charge in [-0.2, -0.15) is 0 Å². The largest absolute Gasteiger partial charge is 0.497 e. The normalized spacial score (nSPS) is 10.2. The van der Waals surface area contributed by atoms with Crippen LogP contribution in [0.2, 0.25) is 0 Å². The number of benzene rings is 1. The van der Waals surface area contributed by atoms with Gasteiger partial charge in [0.15, 0.2) is 0 Å². The molecule has 16 heavy (non-hydrogen) atoms. The topological polar surface area (TPSA) is 57.1 Å². The standard InChI is InChI=1S/C11H13NO4/c1-14-8-4-5-9(11(6-8)15-2)10(13)7-12-16-3/h4-7H,1-3H3. The molecule has 0 bridgehead atoms. The third-order valence-corrected chi connectivity index (χ3v) is 1.95. The molecule has 0 atom stereocenters. The number of oxime groups is 1. The molecular weight excluding hydrogens is 210 g/mol. The van der Waals surface area contributed by atoms with Crippen LogP contribution < -0.4 is 9.47 Å². The number of carbonyl (C=O) groups excluding carboxylic acids is 1. The Balaban J connectivity index is 3.03. The van der Waals surface area contributed by atoms with Gasteiger partial charge in [0.2, 0.25) is 5.78 Å². The van der Waals surface area contributed by atoms with Crippen LogP contribution in [0.5, 0.6) is 11.5 Å². The third kappa shape index (κ3) is 2.73. The van der Waals surface area contributed by atoms with Crippen LogP contribution in [0.3, 0.4) is 0 Å². The second-order valence-corrected chi connectivity index (χ2v) is 2.85. The van der Waals surface area contributed by atoms with Gasteiger partial charge in [0.05, 0.1) is 19.8 Å². The fourth-order valence-corrected chi connectivity index (χ4v) is 1.17. The quantitative estimate of drug-likeness (QED) is 0.431. The predicted octanol–water partition coefficient (Wildman–Crippen LogP) is 1.52. The summed E-state index contributed by atoms with van der Waals surface area (Å²) in [7, 11) is 4.40. The summed E-state index contributed by atoms with van der Waals surface area (Å²) in [4.78, 5) is 16.1. The lowest BCUT2D eigenvalue weighted by molar-refractivity contribution is 0.106. The first kappa shape index (κ1) is 12.0. The third-order valence-electron chi connectivity index (χ3n) is 1.95. The van der Waals surface area contributed by atoms with Gasteiger partial charge in [0.1, 0.15) is 24.8 Å².